The lowest BCUT2D eigenvalue weighted by atomic mass is 10.3. The van der Waals surface area contributed by atoms with Gasteiger partial charge in [-0.15, -0.1) is 6.58 Å². The van der Waals surface area contributed by atoms with Crippen molar-refractivity contribution >= 4 is 10.0 Å². The van der Waals surface area contributed by atoms with Crippen molar-refractivity contribution in [3.8, 4) is 0 Å². The molecule has 0 aromatic carbocycles. The summed E-state index contributed by atoms with van der Waals surface area (Å²) in [5, 5.41) is 9.00. The van der Waals surface area contributed by atoms with E-state index in [2.05, 4.69) is 6.58 Å². The molecule has 0 unspecified atom stereocenters. The molecule has 6 nitrogen and oxygen atoms in total. The highest BCUT2D eigenvalue weighted by Gasteiger charge is 2.25. The molecule has 1 aromatic heterocycles. The molecule has 0 fully saturated rings. The third-order valence-electron chi connectivity index (χ3n) is 2.99. The first-order valence-electron chi connectivity index (χ1n) is 6.51. The number of aliphatic hydroxyl groups is 1. The van der Waals surface area contributed by atoms with Crippen molar-refractivity contribution < 1.29 is 13.5 Å². The Kier molecular flexibility index (Phi) is 5.94. The molecule has 20 heavy (non-hydrogen) atoms. The Morgan fingerprint density at radius 3 is 2.60 bits per heavy atom. The van der Waals surface area contributed by atoms with Gasteiger partial charge in [0.15, 0.2) is 0 Å². The van der Waals surface area contributed by atoms with E-state index in [9.17, 15) is 8.42 Å². The molecule has 0 spiro atoms. The van der Waals surface area contributed by atoms with E-state index in [1.165, 1.54) is 10.4 Å². The maximum Gasteiger partial charge on any atom is 0.244 e. The lowest BCUT2D eigenvalue weighted by molar-refractivity contribution is 0.260. The molecule has 0 atom stereocenters. The molecule has 0 bridgehead atoms. The van der Waals surface area contributed by atoms with E-state index in [0.717, 1.165) is 5.69 Å². The Hall–Kier alpha value is -1.15. The molecule has 7 heteroatoms. The molecule has 0 aliphatic rings. The maximum absolute atomic E-state index is 12.5. The monoisotopic (exact) mass is 301 g/mol. The number of sulfonamides is 1. The van der Waals surface area contributed by atoms with E-state index in [4.69, 9.17) is 10.8 Å². The predicted octanol–water partition coefficient (Wildman–Crippen LogP) is 0.697. The summed E-state index contributed by atoms with van der Waals surface area (Å²) < 4.78 is 28.1. The fourth-order valence-electron chi connectivity index (χ4n) is 2.00. The average molecular weight is 301 g/mol. The Morgan fingerprint density at radius 1 is 1.55 bits per heavy atom. The van der Waals surface area contributed by atoms with Gasteiger partial charge in [0.1, 0.15) is 4.90 Å². The Morgan fingerprint density at radius 2 is 2.20 bits per heavy atom. The first-order valence-corrected chi connectivity index (χ1v) is 7.95. The van der Waals surface area contributed by atoms with Crippen LogP contribution >= 0.6 is 0 Å². The van der Waals surface area contributed by atoms with E-state index < -0.39 is 10.0 Å². The summed E-state index contributed by atoms with van der Waals surface area (Å²) in [6, 6.07) is 1.71. The SMILES string of the molecule is C=CCN(CCO)S(=O)(=O)c1cc(CN)n(C(C)C)c1. The lowest BCUT2D eigenvalue weighted by Crippen LogP contribution is -2.33. The Bertz CT molecular complexity index is 549. The molecule has 0 radical (unpaired) electrons. The predicted molar refractivity (Wildman–Crippen MR) is 78.8 cm³/mol. The minimum Gasteiger partial charge on any atom is -0.395 e. The van der Waals surface area contributed by atoms with Crippen LogP contribution in [-0.2, 0) is 16.6 Å². The van der Waals surface area contributed by atoms with Gasteiger partial charge in [0.25, 0.3) is 0 Å². The minimum atomic E-state index is -3.64. The average Bonchev–Trinajstić information content (AvgIpc) is 2.83. The number of nitrogens with zero attached hydrogens (tertiary/aromatic N) is 2. The van der Waals surface area contributed by atoms with Crippen LogP contribution in [0.5, 0.6) is 0 Å². The second kappa shape index (κ2) is 7.03. The van der Waals surface area contributed by atoms with Crippen LogP contribution in [0.2, 0.25) is 0 Å². The zero-order chi connectivity index (χ0) is 15.3. The van der Waals surface area contributed by atoms with Crippen molar-refractivity contribution in [2.24, 2.45) is 5.73 Å². The number of nitrogens with two attached hydrogens (primary N) is 1. The summed E-state index contributed by atoms with van der Waals surface area (Å²) >= 11 is 0. The standard InChI is InChI=1S/C13H23N3O3S/c1-4-5-15(6-7-17)20(18,19)13-8-12(9-14)16(10-13)11(2)3/h4,8,10-11,17H,1,5-7,9,14H2,2-3H3. The van der Waals surface area contributed by atoms with Crippen molar-refractivity contribution in [3.05, 3.63) is 30.6 Å². The van der Waals surface area contributed by atoms with Crippen molar-refractivity contribution in [1.82, 2.24) is 8.87 Å². The van der Waals surface area contributed by atoms with Gasteiger partial charge < -0.3 is 15.4 Å². The molecule has 0 aliphatic carbocycles. The van der Waals surface area contributed by atoms with E-state index in [1.54, 1.807) is 12.3 Å². The van der Waals surface area contributed by atoms with Crippen LogP contribution in [0.15, 0.2) is 29.8 Å². The van der Waals surface area contributed by atoms with E-state index in [-0.39, 0.29) is 37.2 Å². The highest BCUT2D eigenvalue weighted by Crippen LogP contribution is 2.21. The summed E-state index contributed by atoms with van der Waals surface area (Å²) in [4.78, 5) is 0.196. The van der Waals surface area contributed by atoms with Gasteiger partial charge in [-0.3, -0.25) is 0 Å². The number of hydrogen-bond acceptors (Lipinski definition) is 4. The summed E-state index contributed by atoms with van der Waals surface area (Å²) in [5.74, 6) is 0. The first kappa shape index (κ1) is 16.9. The number of aliphatic hydroxyl groups excluding tert-OH is 1. The van der Waals surface area contributed by atoms with E-state index in [1.807, 2.05) is 18.4 Å². The molecular formula is C13H23N3O3S. The second-order valence-electron chi connectivity index (χ2n) is 4.75. The van der Waals surface area contributed by atoms with Crippen molar-refractivity contribution in [1.29, 1.82) is 0 Å². The van der Waals surface area contributed by atoms with E-state index >= 15 is 0 Å². The molecule has 1 rings (SSSR count). The molecule has 3 N–H and O–H groups in total. The van der Waals surface area contributed by atoms with Crippen molar-refractivity contribution in [3.63, 3.8) is 0 Å². The van der Waals surface area contributed by atoms with Crippen LogP contribution in [0, 0.1) is 0 Å². The van der Waals surface area contributed by atoms with Gasteiger partial charge in [0.2, 0.25) is 10.0 Å². The fraction of sp³-hybridized carbons (Fsp3) is 0.538. The second-order valence-corrected chi connectivity index (χ2v) is 6.69. The van der Waals surface area contributed by atoms with Gasteiger partial charge in [-0.2, -0.15) is 4.31 Å². The minimum absolute atomic E-state index is 0.0408. The molecular weight excluding hydrogens is 278 g/mol. The highest BCUT2D eigenvalue weighted by molar-refractivity contribution is 7.89. The molecule has 1 heterocycles. The van der Waals surface area contributed by atoms with Crippen LogP contribution in [0.3, 0.4) is 0 Å². The van der Waals surface area contributed by atoms with Gasteiger partial charge in [-0.05, 0) is 19.9 Å². The fourth-order valence-corrected chi connectivity index (χ4v) is 3.45. The first-order chi connectivity index (χ1) is 9.38. The molecule has 0 aliphatic heterocycles. The van der Waals surface area contributed by atoms with Crippen molar-refractivity contribution in [2.75, 3.05) is 19.7 Å². The highest BCUT2D eigenvalue weighted by atomic mass is 32.2. The van der Waals surface area contributed by atoms with Gasteiger partial charge in [-0.1, -0.05) is 6.08 Å². The quantitative estimate of drug-likeness (QED) is 0.692. The van der Waals surface area contributed by atoms with Crippen LogP contribution in [0.4, 0.5) is 0 Å². The number of rotatable bonds is 8. The summed E-state index contributed by atoms with van der Waals surface area (Å²) in [7, 11) is -3.64. The van der Waals surface area contributed by atoms with Crippen LogP contribution in [-0.4, -0.2) is 42.1 Å². The maximum atomic E-state index is 12.5. The summed E-state index contributed by atoms with van der Waals surface area (Å²) in [5.41, 5.74) is 6.42. The normalized spacial score (nSPS) is 12.3. The number of aromatic nitrogens is 1. The van der Waals surface area contributed by atoms with Crippen LogP contribution < -0.4 is 5.73 Å². The summed E-state index contributed by atoms with van der Waals surface area (Å²) in [6.45, 7) is 7.71. The Balaban J connectivity index is 3.23. The van der Waals surface area contributed by atoms with Crippen LogP contribution in [0.25, 0.3) is 0 Å². The zero-order valence-electron chi connectivity index (χ0n) is 12.0. The summed E-state index contributed by atoms with van der Waals surface area (Å²) in [6.07, 6.45) is 3.09. The third-order valence-corrected chi connectivity index (χ3v) is 4.82. The lowest BCUT2D eigenvalue weighted by Gasteiger charge is -2.18. The topological polar surface area (TPSA) is 88.6 Å². The third kappa shape index (κ3) is 3.49. The smallest absolute Gasteiger partial charge is 0.244 e. The van der Waals surface area contributed by atoms with Gasteiger partial charge in [-0.25, -0.2) is 8.42 Å². The van der Waals surface area contributed by atoms with Crippen molar-refractivity contribution in [2.45, 2.75) is 31.3 Å². The molecule has 0 amide bonds. The molecule has 0 saturated carbocycles. The van der Waals surface area contributed by atoms with Gasteiger partial charge in [0.05, 0.1) is 6.61 Å². The molecule has 0 saturated heterocycles. The number of hydrogen-bond donors (Lipinski definition) is 2. The molecule has 1 aromatic rings. The molecule has 114 valence electrons. The van der Waals surface area contributed by atoms with Gasteiger partial charge >= 0.3 is 0 Å². The van der Waals surface area contributed by atoms with E-state index in [0.29, 0.717) is 0 Å². The largest absolute Gasteiger partial charge is 0.395 e. The van der Waals surface area contributed by atoms with Crippen LogP contribution in [0.1, 0.15) is 25.6 Å². The zero-order valence-corrected chi connectivity index (χ0v) is 12.8. The van der Waals surface area contributed by atoms with Gasteiger partial charge in [0, 0.05) is 37.6 Å². The Labute approximate surface area is 120 Å².